The highest BCUT2D eigenvalue weighted by atomic mass is 32.2. The average Bonchev–Trinajstić information content (AvgIpc) is 3.48. The van der Waals surface area contributed by atoms with Crippen LogP contribution in [0.1, 0.15) is 119 Å². The molecule has 56 heavy (non-hydrogen) atoms. The third kappa shape index (κ3) is 7.55. The number of nitrogens with one attached hydrogen (secondary N) is 1. The summed E-state index contributed by atoms with van der Waals surface area (Å²) in [6.07, 6.45) is 17.7. The monoisotopic (exact) mass is 822 g/mol. The minimum atomic E-state index is -3.67. The van der Waals surface area contributed by atoms with E-state index in [-0.39, 0.29) is 33.6 Å². The fraction of sp³-hybridized carbons (Fsp3) is 0.841. The molecule has 3 N–H and O–H groups in total. The lowest BCUT2D eigenvalue weighted by molar-refractivity contribution is -0.221. The number of sulfone groups is 1. The molecule has 5 fully saturated rings. The highest BCUT2D eigenvalue weighted by molar-refractivity contribution is 7.91. The van der Waals surface area contributed by atoms with Crippen molar-refractivity contribution >= 4 is 25.9 Å². The first kappa shape index (κ1) is 44.0. The number of allylic oxidation sites excluding steroid dienone is 5. The van der Waals surface area contributed by atoms with E-state index < -0.39 is 38.0 Å². The van der Waals surface area contributed by atoms with E-state index in [1.54, 1.807) is 0 Å². The van der Waals surface area contributed by atoms with Gasteiger partial charge in [0.25, 0.3) is 10.1 Å². The smallest absolute Gasteiger partial charge is 0.312 e. The SMILES string of the molecule is C=C(C)[C@@H]1CC[C@]2(NCCN3CCS(=O)(=O)CC3)CC[C@]3(C)[C@H](CC[C@@H]4[C@@]5(C)CC=C(C6=CC[C@@](CF)(C(=O)O)CC6)C(C)(C)[C@@H]5CC[C@]43C)[C@@H]12.CS(=O)(=O)O. The summed E-state index contributed by atoms with van der Waals surface area (Å²) in [5, 5.41) is 14.0. The second-order valence-electron chi connectivity index (χ2n) is 20.7. The summed E-state index contributed by atoms with van der Waals surface area (Å²) in [5.74, 6) is 2.58. The molecule has 0 radical (unpaired) electrons. The van der Waals surface area contributed by atoms with Gasteiger partial charge in [-0.15, -0.1) is 0 Å². The third-order valence-corrected chi connectivity index (χ3v) is 19.3. The molecule has 1 aliphatic heterocycles. The Hall–Kier alpha value is -1.60. The zero-order valence-corrected chi connectivity index (χ0v) is 36.9. The zero-order chi connectivity index (χ0) is 41.3. The molecule has 9 nitrogen and oxygen atoms in total. The van der Waals surface area contributed by atoms with Gasteiger partial charge in [-0.2, -0.15) is 8.42 Å². The van der Waals surface area contributed by atoms with Gasteiger partial charge in [-0.1, -0.05) is 58.9 Å². The van der Waals surface area contributed by atoms with Gasteiger partial charge in [0.2, 0.25) is 0 Å². The molecular formula is C44H71FN2O7S2. The van der Waals surface area contributed by atoms with Crippen LogP contribution in [0.3, 0.4) is 0 Å². The third-order valence-electron chi connectivity index (χ3n) is 17.7. The molecule has 1 saturated heterocycles. The highest BCUT2D eigenvalue weighted by Gasteiger charge is 2.70. The summed E-state index contributed by atoms with van der Waals surface area (Å²) in [4.78, 5) is 14.3. The maximum absolute atomic E-state index is 14.0. The topological polar surface area (TPSA) is 141 Å². The Bertz CT molecular complexity index is 1820. The summed E-state index contributed by atoms with van der Waals surface area (Å²) in [5.41, 5.74) is 3.60. The number of carboxylic acids is 1. The molecule has 0 unspecified atom stereocenters. The first-order valence-electron chi connectivity index (χ1n) is 21.3. The van der Waals surface area contributed by atoms with Gasteiger partial charge in [-0.3, -0.25) is 9.35 Å². The van der Waals surface area contributed by atoms with Crippen LogP contribution in [0.5, 0.6) is 0 Å². The van der Waals surface area contributed by atoms with Crippen LogP contribution < -0.4 is 5.32 Å². The van der Waals surface area contributed by atoms with Gasteiger partial charge in [0, 0.05) is 31.7 Å². The Morgan fingerprint density at radius 3 is 2.18 bits per heavy atom. The van der Waals surface area contributed by atoms with Crippen LogP contribution >= 0.6 is 0 Å². The van der Waals surface area contributed by atoms with E-state index in [0.29, 0.717) is 73.3 Å². The van der Waals surface area contributed by atoms with Crippen molar-refractivity contribution in [2.75, 3.05) is 50.6 Å². The van der Waals surface area contributed by atoms with Crippen LogP contribution in [0.25, 0.3) is 0 Å². The summed E-state index contributed by atoms with van der Waals surface area (Å²) in [6.45, 7) is 22.1. The number of aliphatic carboxylic acids is 1. The predicted octanol–water partition coefficient (Wildman–Crippen LogP) is 7.91. The van der Waals surface area contributed by atoms with Crippen LogP contribution in [0, 0.1) is 56.7 Å². The van der Waals surface area contributed by atoms with E-state index in [2.05, 4.69) is 70.5 Å². The number of rotatable bonds is 8. The van der Waals surface area contributed by atoms with Crippen LogP contribution in [-0.4, -0.2) is 93.5 Å². The number of fused-ring (bicyclic) bond motifs is 7. The normalized spacial score (nSPS) is 43.0. The van der Waals surface area contributed by atoms with E-state index in [9.17, 15) is 31.1 Å². The second-order valence-corrected chi connectivity index (χ2v) is 24.5. The molecular weight excluding hydrogens is 752 g/mol. The van der Waals surface area contributed by atoms with Crippen molar-refractivity contribution in [3.05, 3.63) is 35.5 Å². The zero-order valence-electron chi connectivity index (χ0n) is 35.3. The van der Waals surface area contributed by atoms with Gasteiger partial charge in [-0.05, 0) is 146 Å². The fourth-order valence-corrected chi connectivity index (χ4v) is 15.8. The summed E-state index contributed by atoms with van der Waals surface area (Å²) in [7, 11) is -6.54. The molecule has 7 rings (SSSR count). The van der Waals surface area contributed by atoms with Crippen molar-refractivity contribution < 1.29 is 35.7 Å². The number of nitrogens with zero attached hydrogens (tertiary/aromatic N) is 1. The highest BCUT2D eigenvalue weighted by Crippen LogP contribution is 2.76. The molecule has 0 amide bonds. The maximum Gasteiger partial charge on any atom is 0.312 e. The summed E-state index contributed by atoms with van der Waals surface area (Å²) >= 11 is 0. The Morgan fingerprint density at radius 2 is 1.61 bits per heavy atom. The van der Waals surface area contributed by atoms with Crippen molar-refractivity contribution in [1.82, 2.24) is 10.2 Å². The Kier molecular flexibility index (Phi) is 11.9. The lowest BCUT2D eigenvalue weighted by atomic mass is 9.33. The van der Waals surface area contributed by atoms with Gasteiger partial charge >= 0.3 is 5.97 Å². The van der Waals surface area contributed by atoms with Gasteiger partial charge in [0.15, 0.2) is 9.84 Å². The quantitative estimate of drug-likeness (QED) is 0.165. The standard InChI is InChI=1S/C43H67FN2O4S.CH4O3S/c1-29(2)31-12-19-43(45-22-23-46-24-26-51(49,50)27-25-46)21-20-40(6)33(36(31)43)8-9-35-39(5)15-13-32(38(3,4)34(39)14-16-41(35,40)7)30-10-17-42(28-44,18-11-30)37(47)48;1-5(2,3)4/h10,13,31,33-36,45H,1,8-9,11-12,14-28H2,2-7H3,(H,47,48);1H3,(H,2,3,4)/t31-,33+,34-,35+,36+,39-,40+,41+,42+,43-;/m0./s1. The Labute approximate surface area is 337 Å². The van der Waals surface area contributed by atoms with E-state index in [4.69, 9.17) is 4.55 Å². The largest absolute Gasteiger partial charge is 0.481 e. The van der Waals surface area contributed by atoms with Crippen LogP contribution in [0.2, 0.25) is 0 Å². The molecule has 10 atom stereocenters. The van der Waals surface area contributed by atoms with Crippen molar-refractivity contribution in [3.8, 4) is 0 Å². The summed E-state index contributed by atoms with van der Waals surface area (Å²) in [6, 6.07) is 0. The number of hydrogen-bond acceptors (Lipinski definition) is 7. The number of carboxylic acid groups (broad SMARTS) is 1. The second kappa shape index (κ2) is 15.1. The molecule has 1 heterocycles. The van der Waals surface area contributed by atoms with Gasteiger partial charge in [0.1, 0.15) is 6.67 Å². The lowest BCUT2D eigenvalue weighted by Crippen LogP contribution is -2.68. The minimum absolute atomic E-state index is 0.0163. The molecule has 7 aliphatic rings. The van der Waals surface area contributed by atoms with Gasteiger partial charge in [-0.25, -0.2) is 12.8 Å². The predicted molar refractivity (Wildman–Crippen MR) is 221 cm³/mol. The van der Waals surface area contributed by atoms with E-state index >= 15 is 0 Å². The maximum atomic E-state index is 14.0. The summed E-state index contributed by atoms with van der Waals surface area (Å²) < 4.78 is 63.9. The minimum Gasteiger partial charge on any atom is -0.481 e. The molecule has 4 saturated carbocycles. The number of alkyl halides is 1. The van der Waals surface area contributed by atoms with Crippen molar-refractivity contribution in [1.29, 1.82) is 0 Å². The first-order valence-corrected chi connectivity index (χ1v) is 25.0. The number of carbonyl (C=O) groups is 1. The van der Waals surface area contributed by atoms with Crippen molar-refractivity contribution in [2.24, 2.45) is 56.7 Å². The molecule has 0 bridgehead atoms. The molecule has 0 aromatic rings. The molecule has 6 aliphatic carbocycles. The van der Waals surface area contributed by atoms with E-state index in [1.165, 1.54) is 68.1 Å². The van der Waals surface area contributed by atoms with Crippen LogP contribution in [0.15, 0.2) is 35.5 Å². The fourth-order valence-electron chi connectivity index (χ4n) is 14.6. The average molecular weight is 823 g/mol. The van der Waals surface area contributed by atoms with E-state index in [1.807, 2.05) is 0 Å². The van der Waals surface area contributed by atoms with Gasteiger partial charge in [0.05, 0.1) is 23.2 Å². The number of hydrogen-bond donors (Lipinski definition) is 3. The van der Waals surface area contributed by atoms with Crippen LogP contribution in [0.4, 0.5) is 4.39 Å². The van der Waals surface area contributed by atoms with Crippen LogP contribution in [-0.2, 0) is 24.7 Å². The molecule has 318 valence electrons. The van der Waals surface area contributed by atoms with Gasteiger partial charge < -0.3 is 15.3 Å². The molecule has 12 heteroatoms. The molecule has 0 aromatic heterocycles. The molecule has 0 spiro atoms. The lowest BCUT2D eigenvalue weighted by Gasteiger charge is -2.72. The van der Waals surface area contributed by atoms with Crippen molar-refractivity contribution in [2.45, 2.75) is 124 Å². The van der Waals surface area contributed by atoms with Crippen molar-refractivity contribution in [3.63, 3.8) is 0 Å². The first-order chi connectivity index (χ1) is 25.9. The van der Waals surface area contributed by atoms with E-state index in [0.717, 1.165) is 19.5 Å². The molecule has 0 aromatic carbocycles. The number of halogens is 1. The Balaban J connectivity index is 0.00000100. The Morgan fingerprint density at radius 1 is 0.946 bits per heavy atom.